The van der Waals surface area contributed by atoms with Crippen LogP contribution in [0.2, 0.25) is 5.02 Å². The molecule has 0 bridgehead atoms. The third-order valence-corrected chi connectivity index (χ3v) is 5.15. The van der Waals surface area contributed by atoms with Crippen LogP contribution in [0.4, 0.5) is 5.95 Å². The minimum atomic E-state index is -0.274. The van der Waals surface area contributed by atoms with Gasteiger partial charge in [0.15, 0.2) is 5.76 Å². The van der Waals surface area contributed by atoms with Crippen molar-refractivity contribution in [2.45, 2.75) is 32.7 Å². The van der Waals surface area contributed by atoms with Gasteiger partial charge in [-0.1, -0.05) is 56.6 Å². The van der Waals surface area contributed by atoms with Crippen LogP contribution in [0.5, 0.6) is 0 Å². The number of halogens is 1. The van der Waals surface area contributed by atoms with Crippen molar-refractivity contribution >= 4 is 23.5 Å². The number of aromatic nitrogens is 3. The number of hydrogen-bond donors (Lipinski definition) is 1. The Morgan fingerprint density at radius 2 is 1.77 bits per heavy atom. The highest BCUT2D eigenvalue weighted by Gasteiger charge is 2.21. The molecule has 0 aliphatic rings. The van der Waals surface area contributed by atoms with Crippen LogP contribution >= 0.6 is 11.6 Å². The third kappa shape index (κ3) is 4.70. The zero-order valence-electron chi connectivity index (χ0n) is 17.6. The van der Waals surface area contributed by atoms with Gasteiger partial charge in [-0.05, 0) is 52.9 Å². The van der Waals surface area contributed by atoms with Crippen LogP contribution in [-0.2, 0) is 12.0 Å². The summed E-state index contributed by atoms with van der Waals surface area (Å²) in [7, 11) is 0. The van der Waals surface area contributed by atoms with Gasteiger partial charge in [-0.25, -0.2) is 0 Å². The van der Waals surface area contributed by atoms with E-state index in [0.29, 0.717) is 34.7 Å². The van der Waals surface area contributed by atoms with E-state index in [0.717, 1.165) is 11.1 Å². The molecule has 0 fully saturated rings. The van der Waals surface area contributed by atoms with E-state index in [1.807, 2.05) is 48.5 Å². The maximum atomic E-state index is 13.2. The van der Waals surface area contributed by atoms with E-state index in [1.54, 1.807) is 18.4 Å². The molecule has 0 amide bonds. The molecule has 31 heavy (non-hydrogen) atoms. The van der Waals surface area contributed by atoms with E-state index in [9.17, 15) is 4.79 Å². The van der Waals surface area contributed by atoms with Crippen molar-refractivity contribution in [3.8, 4) is 11.6 Å². The molecule has 158 valence electrons. The maximum Gasteiger partial charge on any atom is 0.281 e. The molecule has 0 atom stereocenters. The number of furan rings is 1. The van der Waals surface area contributed by atoms with Crippen molar-refractivity contribution in [1.82, 2.24) is 14.8 Å². The van der Waals surface area contributed by atoms with Crippen LogP contribution < -0.4 is 5.32 Å². The monoisotopic (exact) mass is 434 g/mol. The Morgan fingerprint density at radius 3 is 2.39 bits per heavy atom. The second-order valence-corrected chi connectivity index (χ2v) is 8.70. The molecule has 4 aromatic rings. The Morgan fingerprint density at radius 1 is 1.06 bits per heavy atom. The zero-order chi connectivity index (χ0) is 22.0. The Hall–Kier alpha value is -3.38. The highest BCUT2D eigenvalue weighted by Crippen LogP contribution is 2.24. The van der Waals surface area contributed by atoms with E-state index in [4.69, 9.17) is 16.0 Å². The van der Waals surface area contributed by atoms with E-state index in [1.165, 1.54) is 4.68 Å². The number of carbonyl (C=O) groups is 1. The van der Waals surface area contributed by atoms with Crippen LogP contribution in [0.15, 0.2) is 71.3 Å². The lowest BCUT2D eigenvalue weighted by molar-refractivity contribution is 0.0947. The lowest BCUT2D eigenvalue weighted by Gasteiger charge is -2.19. The van der Waals surface area contributed by atoms with Gasteiger partial charge in [-0.3, -0.25) is 4.79 Å². The van der Waals surface area contributed by atoms with Gasteiger partial charge in [-0.2, -0.15) is 9.67 Å². The molecule has 0 spiro atoms. The first-order valence-electron chi connectivity index (χ1n) is 9.96. The van der Waals surface area contributed by atoms with Gasteiger partial charge < -0.3 is 9.73 Å². The minimum Gasteiger partial charge on any atom is -0.461 e. The maximum absolute atomic E-state index is 13.2. The highest BCUT2D eigenvalue weighted by atomic mass is 35.5. The largest absolute Gasteiger partial charge is 0.461 e. The van der Waals surface area contributed by atoms with Crippen molar-refractivity contribution in [2.75, 3.05) is 5.32 Å². The molecule has 4 rings (SSSR count). The molecule has 7 heteroatoms. The summed E-state index contributed by atoms with van der Waals surface area (Å²) >= 11 is 5.96. The Bertz CT molecular complexity index is 1170. The minimum absolute atomic E-state index is 0.00653. The summed E-state index contributed by atoms with van der Waals surface area (Å²) < 4.78 is 6.69. The van der Waals surface area contributed by atoms with Gasteiger partial charge in [0.2, 0.25) is 11.8 Å². The normalized spacial score (nSPS) is 11.5. The van der Waals surface area contributed by atoms with Gasteiger partial charge in [0.25, 0.3) is 5.91 Å². The van der Waals surface area contributed by atoms with Crippen LogP contribution in [-0.4, -0.2) is 20.7 Å². The van der Waals surface area contributed by atoms with Crippen LogP contribution in [0.25, 0.3) is 11.6 Å². The lowest BCUT2D eigenvalue weighted by Crippen LogP contribution is -2.18. The predicted molar refractivity (Wildman–Crippen MR) is 121 cm³/mol. The molecule has 0 aliphatic heterocycles. The Balaban J connectivity index is 1.64. The average molecular weight is 435 g/mol. The first-order valence-corrected chi connectivity index (χ1v) is 10.3. The van der Waals surface area contributed by atoms with E-state index >= 15 is 0 Å². The van der Waals surface area contributed by atoms with E-state index in [-0.39, 0.29) is 11.3 Å². The van der Waals surface area contributed by atoms with Crippen LogP contribution in [0, 0.1) is 0 Å². The quantitative estimate of drug-likeness (QED) is 0.430. The molecule has 0 aliphatic carbocycles. The molecular formula is C24H23ClN4O2. The van der Waals surface area contributed by atoms with Gasteiger partial charge >= 0.3 is 0 Å². The van der Waals surface area contributed by atoms with Gasteiger partial charge in [0.05, 0.1) is 6.26 Å². The molecule has 0 radical (unpaired) electrons. The Kier molecular flexibility index (Phi) is 5.65. The van der Waals surface area contributed by atoms with Crippen molar-refractivity contribution in [1.29, 1.82) is 0 Å². The summed E-state index contributed by atoms with van der Waals surface area (Å²) in [5.41, 5.74) is 2.69. The number of hydrogen-bond acceptors (Lipinski definition) is 5. The highest BCUT2D eigenvalue weighted by molar-refractivity contribution is 6.30. The number of rotatable bonds is 5. The first-order chi connectivity index (χ1) is 14.8. The summed E-state index contributed by atoms with van der Waals surface area (Å²) in [5, 5.41) is 8.27. The molecule has 2 aromatic carbocycles. The number of nitrogens with one attached hydrogen (secondary N) is 1. The second kappa shape index (κ2) is 8.40. The Labute approximate surface area is 185 Å². The van der Waals surface area contributed by atoms with Gasteiger partial charge in [0.1, 0.15) is 0 Å². The molecular weight excluding hydrogens is 412 g/mol. The zero-order valence-corrected chi connectivity index (χ0v) is 18.3. The first kappa shape index (κ1) is 20.9. The van der Waals surface area contributed by atoms with E-state index < -0.39 is 0 Å². The summed E-state index contributed by atoms with van der Waals surface area (Å²) in [6.07, 6.45) is 1.55. The summed E-state index contributed by atoms with van der Waals surface area (Å²) in [6, 6.07) is 18.6. The number of anilines is 1. The number of nitrogens with zero attached hydrogens (tertiary/aromatic N) is 3. The fraction of sp³-hybridized carbons (Fsp3) is 0.208. The molecule has 0 unspecified atom stereocenters. The molecule has 0 saturated heterocycles. The number of carbonyl (C=O) groups excluding carboxylic acids is 1. The molecule has 2 aromatic heterocycles. The van der Waals surface area contributed by atoms with Crippen molar-refractivity contribution in [3.63, 3.8) is 0 Å². The van der Waals surface area contributed by atoms with Crippen molar-refractivity contribution < 1.29 is 9.21 Å². The van der Waals surface area contributed by atoms with Crippen molar-refractivity contribution in [2.24, 2.45) is 0 Å². The predicted octanol–water partition coefficient (Wildman–Crippen LogP) is 5.79. The standard InChI is InChI=1S/C24H23ClN4O2/c1-24(2,3)18-10-8-17(9-11-18)22(30)29-23(26-15-16-6-12-19(25)13-7-16)27-21(28-29)20-5-4-14-31-20/h4-14H,15H2,1-3H3,(H,26,27,28). The molecule has 1 N–H and O–H groups in total. The smallest absolute Gasteiger partial charge is 0.281 e. The molecule has 6 nitrogen and oxygen atoms in total. The van der Waals surface area contributed by atoms with Crippen molar-refractivity contribution in [3.05, 3.63) is 88.6 Å². The second-order valence-electron chi connectivity index (χ2n) is 8.26. The fourth-order valence-corrected chi connectivity index (χ4v) is 3.22. The van der Waals surface area contributed by atoms with Gasteiger partial charge in [0, 0.05) is 17.1 Å². The summed E-state index contributed by atoms with van der Waals surface area (Å²) in [6.45, 7) is 6.87. The SMILES string of the molecule is CC(C)(C)c1ccc(C(=O)n2nc(-c3ccco3)nc2NCc2ccc(Cl)cc2)cc1. The summed E-state index contributed by atoms with van der Waals surface area (Å²) in [4.78, 5) is 17.7. The molecule has 0 saturated carbocycles. The average Bonchev–Trinajstić information content (AvgIpc) is 3.42. The van der Waals surface area contributed by atoms with E-state index in [2.05, 4.69) is 36.2 Å². The summed E-state index contributed by atoms with van der Waals surface area (Å²) in [5.74, 6) is 0.892. The lowest BCUT2D eigenvalue weighted by atomic mass is 9.87. The third-order valence-electron chi connectivity index (χ3n) is 4.90. The van der Waals surface area contributed by atoms with Crippen LogP contribution in [0.1, 0.15) is 42.3 Å². The van der Waals surface area contributed by atoms with Gasteiger partial charge in [-0.15, -0.1) is 5.10 Å². The molecule has 2 heterocycles. The van der Waals surface area contributed by atoms with Crippen LogP contribution in [0.3, 0.4) is 0 Å². The fourth-order valence-electron chi connectivity index (χ4n) is 3.10. The number of benzene rings is 2. The topological polar surface area (TPSA) is 73.0 Å².